The fourth-order valence-corrected chi connectivity index (χ4v) is 1.30. The van der Waals surface area contributed by atoms with Gasteiger partial charge in [-0.2, -0.15) is 0 Å². The molecule has 88 valence electrons. The second-order valence-corrected chi connectivity index (χ2v) is 3.45. The Morgan fingerprint density at radius 2 is 2.06 bits per heavy atom. The molecule has 0 amide bonds. The highest BCUT2D eigenvalue weighted by Gasteiger charge is 2.07. The van der Waals surface area contributed by atoms with Crippen molar-refractivity contribution in [2.24, 2.45) is 5.73 Å². The number of methoxy groups -OCH3 is 1. The van der Waals surface area contributed by atoms with Gasteiger partial charge in [-0.15, -0.1) is 0 Å². The fourth-order valence-electron chi connectivity index (χ4n) is 1.17. The Balaban J connectivity index is 2.94. The third-order valence-corrected chi connectivity index (χ3v) is 2.10. The molecule has 2 N–H and O–H groups in total. The topological polar surface area (TPSA) is 53.7 Å². The number of hydrogen-bond acceptors (Lipinski definition) is 4. The van der Waals surface area contributed by atoms with Crippen molar-refractivity contribution in [2.45, 2.75) is 6.92 Å². The standard InChI is InChI=1S/C11H15NO3S/c1-3-14-10-6-8(11(12)16)4-5-9(10)15-7-13-2/h4-6H,3,7H2,1-2H3,(H2,12,16). The molecule has 1 rings (SSSR count). The predicted octanol–water partition coefficient (Wildman–Crippen LogP) is 1.70. The van der Waals surface area contributed by atoms with Crippen LogP contribution in [0.3, 0.4) is 0 Å². The first-order chi connectivity index (χ1) is 7.69. The van der Waals surface area contributed by atoms with Gasteiger partial charge in [-0.25, -0.2) is 0 Å². The van der Waals surface area contributed by atoms with Gasteiger partial charge in [0.1, 0.15) is 4.99 Å². The Kier molecular flexibility index (Phi) is 5.01. The van der Waals surface area contributed by atoms with Crippen molar-refractivity contribution in [1.29, 1.82) is 0 Å². The second kappa shape index (κ2) is 6.30. The molecule has 4 nitrogen and oxygen atoms in total. The van der Waals surface area contributed by atoms with E-state index in [1.807, 2.05) is 6.92 Å². The van der Waals surface area contributed by atoms with Crippen LogP contribution in [-0.4, -0.2) is 25.5 Å². The van der Waals surface area contributed by atoms with Crippen LogP contribution in [0.2, 0.25) is 0 Å². The molecule has 0 bridgehead atoms. The van der Waals surface area contributed by atoms with Gasteiger partial charge in [0.25, 0.3) is 0 Å². The number of thiocarbonyl (C=S) groups is 1. The second-order valence-electron chi connectivity index (χ2n) is 3.01. The molecule has 0 radical (unpaired) electrons. The van der Waals surface area contributed by atoms with E-state index in [4.69, 9.17) is 32.2 Å². The first kappa shape index (κ1) is 12.7. The molecule has 1 aromatic rings. The first-order valence-electron chi connectivity index (χ1n) is 4.87. The lowest BCUT2D eigenvalue weighted by molar-refractivity contribution is 0.0487. The Morgan fingerprint density at radius 1 is 1.31 bits per heavy atom. The van der Waals surface area contributed by atoms with Gasteiger partial charge in [-0.05, 0) is 25.1 Å². The zero-order valence-corrected chi connectivity index (χ0v) is 10.2. The monoisotopic (exact) mass is 241 g/mol. The zero-order valence-electron chi connectivity index (χ0n) is 9.36. The molecule has 1 aromatic carbocycles. The number of benzene rings is 1. The van der Waals surface area contributed by atoms with Gasteiger partial charge in [-0.1, -0.05) is 12.2 Å². The van der Waals surface area contributed by atoms with Gasteiger partial charge in [0, 0.05) is 12.7 Å². The normalized spacial score (nSPS) is 9.88. The molecule has 0 fully saturated rings. The maximum Gasteiger partial charge on any atom is 0.188 e. The van der Waals surface area contributed by atoms with Crippen LogP contribution in [0.25, 0.3) is 0 Å². The Labute approximate surface area is 100 Å². The molecule has 0 spiro atoms. The lowest BCUT2D eigenvalue weighted by Crippen LogP contribution is -2.10. The summed E-state index contributed by atoms with van der Waals surface area (Å²) in [6, 6.07) is 5.31. The van der Waals surface area contributed by atoms with E-state index >= 15 is 0 Å². The van der Waals surface area contributed by atoms with Crippen LogP contribution in [-0.2, 0) is 4.74 Å². The van der Waals surface area contributed by atoms with E-state index in [2.05, 4.69) is 0 Å². The smallest absolute Gasteiger partial charge is 0.188 e. The highest BCUT2D eigenvalue weighted by atomic mass is 32.1. The molecule has 16 heavy (non-hydrogen) atoms. The molecule has 0 saturated heterocycles. The SMILES string of the molecule is CCOc1cc(C(N)=S)ccc1OCOC. The Morgan fingerprint density at radius 3 is 2.62 bits per heavy atom. The highest BCUT2D eigenvalue weighted by molar-refractivity contribution is 7.80. The van der Waals surface area contributed by atoms with Gasteiger partial charge in [0.15, 0.2) is 18.3 Å². The van der Waals surface area contributed by atoms with E-state index in [9.17, 15) is 0 Å². The number of nitrogens with two attached hydrogens (primary N) is 1. The van der Waals surface area contributed by atoms with Gasteiger partial charge in [-0.3, -0.25) is 0 Å². The third kappa shape index (κ3) is 3.36. The first-order valence-corrected chi connectivity index (χ1v) is 5.28. The minimum atomic E-state index is 0.173. The molecule has 5 heteroatoms. The van der Waals surface area contributed by atoms with Crippen LogP contribution in [0.15, 0.2) is 18.2 Å². The quantitative estimate of drug-likeness (QED) is 0.607. The molecule has 0 aliphatic carbocycles. The fraction of sp³-hybridized carbons (Fsp3) is 0.364. The van der Waals surface area contributed by atoms with E-state index in [1.165, 1.54) is 0 Å². The van der Waals surface area contributed by atoms with Gasteiger partial charge in [0.05, 0.1) is 6.61 Å². The number of hydrogen-bond donors (Lipinski definition) is 1. The largest absolute Gasteiger partial charge is 0.490 e. The van der Waals surface area contributed by atoms with Crippen molar-refractivity contribution < 1.29 is 14.2 Å². The average Bonchev–Trinajstić information content (AvgIpc) is 2.27. The van der Waals surface area contributed by atoms with E-state index < -0.39 is 0 Å². The molecule has 0 aliphatic heterocycles. The summed E-state index contributed by atoms with van der Waals surface area (Å²) in [6.45, 7) is 2.62. The van der Waals surface area contributed by atoms with Crippen LogP contribution < -0.4 is 15.2 Å². The molecule has 0 aromatic heterocycles. The van der Waals surface area contributed by atoms with Crippen LogP contribution in [0.5, 0.6) is 11.5 Å². The maximum absolute atomic E-state index is 5.54. The highest BCUT2D eigenvalue weighted by Crippen LogP contribution is 2.28. The molecule has 0 heterocycles. The van der Waals surface area contributed by atoms with Crippen molar-refractivity contribution in [1.82, 2.24) is 0 Å². The molecule has 0 atom stereocenters. The maximum atomic E-state index is 5.54. The summed E-state index contributed by atoms with van der Waals surface area (Å²) in [6.07, 6.45) is 0. The molecule has 0 unspecified atom stereocenters. The molecule has 0 saturated carbocycles. The third-order valence-electron chi connectivity index (χ3n) is 1.86. The molecular weight excluding hydrogens is 226 g/mol. The zero-order chi connectivity index (χ0) is 12.0. The molecule has 0 aliphatic rings. The lowest BCUT2D eigenvalue weighted by Gasteiger charge is -2.12. The van der Waals surface area contributed by atoms with Crippen LogP contribution in [0, 0.1) is 0 Å². The Hall–Kier alpha value is -1.33. The van der Waals surface area contributed by atoms with Gasteiger partial charge < -0.3 is 19.9 Å². The van der Waals surface area contributed by atoms with E-state index in [-0.39, 0.29) is 6.79 Å². The van der Waals surface area contributed by atoms with Crippen LogP contribution in [0.1, 0.15) is 12.5 Å². The summed E-state index contributed by atoms with van der Waals surface area (Å²) in [5, 5.41) is 0. The van der Waals surface area contributed by atoms with E-state index in [0.717, 1.165) is 5.56 Å². The van der Waals surface area contributed by atoms with Crippen molar-refractivity contribution in [2.75, 3.05) is 20.5 Å². The number of ether oxygens (including phenoxy) is 3. The van der Waals surface area contributed by atoms with Crippen LogP contribution >= 0.6 is 12.2 Å². The summed E-state index contributed by atoms with van der Waals surface area (Å²) in [4.78, 5) is 0.333. The van der Waals surface area contributed by atoms with Crippen molar-refractivity contribution in [3.05, 3.63) is 23.8 Å². The van der Waals surface area contributed by atoms with E-state index in [0.29, 0.717) is 23.1 Å². The predicted molar refractivity (Wildman–Crippen MR) is 66.0 cm³/mol. The van der Waals surface area contributed by atoms with Crippen molar-refractivity contribution in [3.8, 4) is 11.5 Å². The minimum Gasteiger partial charge on any atom is -0.490 e. The summed E-state index contributed by atoms with van der Waals surface area (Å²) in [5.74, 6) is 1.23. The number of rotatable bonds is 6. The average molecular weight is 241 g/mol. The Bertz CT molecular complexity index is 368. The van der Waals surface area contributed by atoms with Crippen molar-refractivity contribution in [3.63, 3.8) is 0 Å². The van der Waals surface area contributed by atoms with Gasteiger partial charge in [0.2, 0.25) is 0 Å². The van der Waals surface area contributed by atoms with Gasteiger partial charge >= 0.3 is 0 Å². The van der Waals surface area contributed by atoms with E-state index in [1.54, 1.807) is 25.3 Å². The minimum absolute atomic E-state index is 0.173. The molecular formula is C11H15NO3S. The van der Waals surface area contributed by atoms with Crippen LogP contribution in [0.4, 0.5) is 0 Å². The van der Waals surface area contributed by atoms with Crippen molar-refractivity contribution >= 4 is 17.2 Å². The summed E-state index contributed by atoms with van der Waals surface area (Å²) in [7, 11) is 1.56. The summed E-state index contributed by atoms with van der Waals surface area (Å²) < 4.78 is 15.6. The lowest BCUT2D eigenvalue weighted by atomic mass is 10.2. The summed E-state index contributed by atoms with van der Waals surface area (Å²) >= 11 is 4.89. The summed E-state index contributed by atoms with van der Waals surface area (Å²) in [5.41, 5.74) is 6.29.